The lowest BCUT2D eigenvalue weighted by Gasteiger charge is -2.17. The van der Waals surface area contributed by atoms with Gasteiger partial charge in [0, 0.05) is 16.5 Å². The van der Waals surface area contributed by atoms with E-state index >= 15 is 0 Å². The molecule has 0 heterocycles. The molecule has 0 aromatic heterocycles. The fraction of sp³-hybridized carbons (Fsp3) is 0.333. The Kier molecular flexibility index (Phi) is 2.84. The molecule has 0 saturated carbocycles. The van der Waals surface area contributed by atoms with Crippen LogP contribution in [0, 0.1) is 5.41 Å². The lowest BCUT2D eigenvalue weighted by molar-refractivity contribution is 0.0855. The van der Waals surface area contributed by atoms with Gasteiger partial charge in [-0.3, -0.25) is 9.59 Å². The molecule has 0 bridgehead atoms. The van der Waals surface area contributed by atoms with Gasteiger partial charge in [-0.1, -0.05) is 45.0 Å². The summed E-state index contributed by atoms with van der Waals surface area (Å²) in [5.41, 5.74) is 0.529. The molecular formula is C12H14O2. The fourth-order valence-corrected chi connectivity index (χ4v) is 1.21. The molecule has 1 rings (SSSR count). The smallest absolute Gasteiger partial charge is 0.168 e. The van der Waals surface area contributed by atoms with Crippen LogP contribution in [0.2, 0.25) is 0 Å². The van der Waals surface area contributed by atoms with Crippen LogP contribution in [0.1, 0.15) is 41.5 Å². The molecule has 2 heteroatoms. The summed E-state index contributed by atoms with van der Waals surface area (Å²) in [6, 6.07) is 6.87. The number of carbonyl (C=O) groups excluding carboxylic acids is 2. The minimum Gasteiger partial charge on any atom is -0.298 e. The Hall–Kier alpha value is -1.44. The van der Waals surface area contributed by atoms with Gasteiger partial charge in [0.25, 0.3) is 0 Å². The van der Waals surface area contributed by atoms with Gasteiger partial charge in [-0.25, -0.2) is 0 Å². The van der Waals surface area contributed by atoms with Crippen molar-refractivity contribution in [1.29, 1.82) is 0 Å². The third kappa shape index (κ3) is 2.08. The lowest BCUT2D eigenvalue weighted by atomic mass is 9.85. The summed E-state index contributed by atoms with van der Waals surface area (Å²) >= 11 is 0. The molecule has 0 aliphatic carbocycles. The number of Topliss-reactive ketones (excluding diaryl/α,β-unsaturated/α-hetero) is 1. The van der Waals surface area contributed by atoms with Gasteiger partial charge in [0.05, 0.1) is 0 Å². The number of rotatable bonds is 2. The molecule has 0 atom stereocenters. The highest BCUT2D eigenvalue weighted by atomic mass is 16.1. The first-order valence-corrected chi connectivity index (χ1v) is 4.56. The van der Waals surface area contributed by atoms with Crippen molar-refractivity contribution in [3.63, 3.8) is 0 Å². The van der Waals surface area contributed by atoms with Crippen molar-refractivity contribution >= 4 is 12.1 Å². The van der Waals surface area contributed by atoms with Crippen LogP contribution in [0.4, 0.5) is 0 Å². The maximum Gasteiger partial charge on any atom is 0.168 e. The summed E-state index contributed by atoms with van der Waals surface area (Å²) in [5.74, 6) is 0.000185. The average molecular weight is 190 g/mol. The zero-order chi connectivity index (χ0) is 10.8. The third-order valence-corrected chi connectivity index (χ3v) is 2.01. The molecule has 0 aliphatic heterocycles. The van der Waals surface area contributed by atoms with E-state index in [1.165, 1.54) is 0 Å². The van der Waals surface area contributed by atoms with E-state index < -0.39 is 5.41 Å². The normalized spacial score (nSPS) is 11.1. The third-order valence-electron chi connectivity index (χ3n) is 2.01. The molecule has 1 aromatic carbocycles. The van der Waals surface area contributed by atoms with Crippen molar-refractivity contribution in [3.05, 3.63) is 35.4 Å². The Morgan fingerprint density at radius 1 is 1.21 bits per heavy atom. The van der Waals surface area contributed by atoms with Crippen molar-refractivity contribution in [2.24, 2.45) is 5.41 Å². The fourth-order valence-electron chi connectivity index (χ4n) is 1.21. The summed E-state index contributed by atoms with van der Waals surface area (Å²) in [6.07, 6.45) is 0.721. The van der Waals surface area contributed by atoms with E-state index in [4.69, 9.17) is 0 Å². The number of hydrogen-bond acceptors (Lipinski definition) is 2. The highest BCUT2D eigenvalue weighted by Crippen LogP contribution is 2.22. The Bertz CT molecular complexity index is 359. The van der Waals surface area contributed by atoms with Crippen LogP contribution >= 0.6 is 0 Å². The second-order valence-electron chi connectivity index (χ2n) is 4.28. The second-order valence-corrected chi connectivity index (χ2v) is 4.28. The first kappa shape index (κ1) is 10.6. The predicted octanol–water partition coefficient (Wildman–Crippen LogP) is 2.73. The van der Waals surface area contributed by atoms with Crippen LogP contribution in [-0.4, -0.2) is 12.1 Å². The van der Waals surface area contributed by atoms with Crippen LogP contribution in [0.15, 0.2) is 24.3 Å². The molecule has 14 heavy (non-hydrogen) atoms. The number of carbonyl (C=O) groups is 2. The Morgan fingerprint density at radius 2 is 1.79 bits per heavy atom. The maximum atomic E-state index is 11.9. The van der Waals surface area contributed by atoms with Gasteiger partial charge in [-0.15, -0.1) is 0 Å². The molecule has 0 amide bonds. The molecule has 74 valence electrons. The van der Waals surface area contributed by atoms with Crippen molar-refractivity contribution < 1.29 is 9.59 Å². The van der Waals surface area contributed by atoms with E-state index in [1.54, 1.807) is 24.3 Å². The van der Waals surface area contributed by atoms with Crippen LogP contribution in [0.25, 0.3) is 0 Å². The number of ketones is 1. The summed E-state index contributed by atoms with van der Waals surface area (Å²) in [7, 11) is 0. The van der Waals surface area contributed by atoms with Gasteiger partial charge in [-0.05, 0) is 0 Å². The molecule has 0 N–H and O–H groups in total. The lowest BCUT2D eigenvalue weighted by Crippen LogP contribution is -2.21. The van der Waals surface area contributed by atoms with Crippen LogP contribution in [-0.2, 0) is 0 Å². The quantitative estimate of drug-likeness (QED) is 0.530. The van der Waals surface area contributed by atoms with Crippen LogP contribution < -0.4 is 0 Å². The molecule has 0 fully saturated rings. The van der Waals surface area contributed by atoms with Crippen LogP contribution in [0.3, 0.4) is 0 Å². The summed E-state index contributed by atoms with van der Waals surface area (Å²) in [5, 5.41) is 0. The van der Waals surface area contributed by atoms with Gasteiger partial charge in [0.15, 0.2) is 12.1 Å². The topological polar surface area (TPSA) is 34.1 Å². The zero-order valence-corrected chi connectivity index (χ0v) is 8.70. The highest BCUT2D eigenvalue weighted by molar-refractivity contribution is 6.05. The molecule has 2 nitrogen and oxygen atoms in total. The molecule has 1 aromatic rings. The van der Waals surface area contributed by atoms with Crippen molar-refractivity contribution in [2.45, 2.75) is 20.8 Å². The molecule has 0 aliphatic rings. The highest BCUT2D eigenvalue weighted by Gasteiger charge is 2.24. The van der Waals surface area contributed by atoms with E-state index in [2.05, 4.69) is 0 Å². The van der Waals surface area contributed by atoms with E-state index in [-0.39, 0.29) is 5.78 Å². The number of benzene rings is 1. The Labute approximate surface area is 83.9 Å². The van der Waals surface area contributed by atoms with Gasteiger partial charge >= 0.3 is 0 Å². The van der Waals surface area contributed by atoms with Crippen molar-refractivity contribution in [3.8, 4) is 0 Å². The molecule has 0 radical (unpaired) electrons. The van der Waals surface area contributed by atoms with Gasteiger partial charge in [-0.2, -0.15) is 0 Å². The first-order chi connectivity index (χ1) is 6.46. The minimum atomic E-state index is -0.445. The van der Waals surface area contributed by atoms with E-state index in [1.807, 2.05) is 20.8 Å². The SMILES string of the molecule is CC(C)(C)C(=O)c1ccccc1C=O. The average Bonchev–Trinajstić information content (AvgIpc) is 2.15. The summed E-state index contributed by atoms with van der Waals surface area (Å²) in [4.78, 5) is 22.6. The molecular weight excluding hydrogens is 176 g/mol. The molecule has 0 spiro atoms. The second kappa shape index (κ2) is 3.74. The Balaban J connectivity index is 3.19. The van der Waals surface area contributed by atoms with Gasteiger partial charge in [0.1, 0.15) is 0 Å². The maximum absolute atomic E-state index is 11.9. The number of hydrogen-bond donors (Lipinski definition) is 0. The minimum absolute atomic E-state index is 0.000185. The molecule has 0 saturated heterocycles. The largest absolute Gasteiger partial charge is 0.298 e. The van der Waals surface area contributed by atoms with E-state index in [9.17, 15) is 9.59 Å². The Morgan fingerprint density at radius 3 is 2.29 bits per heavy atom. The van der Waals surface area contributed by atoms with Crippen molar-refractivity contribution in [2.75, 3.05) is 0 Å². The summed E-state index contributed by atoms with van der Waals surface area (Å²) in [6.45, 7) is 5.53. The number of aldehydes is 1. The zero-order valence-electron chi connectivity index (χ0n) is 8.70. The van der Waals surface area contributed by atoms with Crippen LogP contribution in [0.5, 0.6) is 0 Å². The monoisotopic (exact) mass is 190 g/mol. The summed E-state index contributed by atoms with van der Waals surface area (Å²) < 4.78 is 0. The van der Waals surface area contributed by atoms with Crippen molar-refractivity contribution in [1.82, 2.24) is 0 Å². The predicted molar refractivity (Wildman–Crippen MR) is 55.6 cm³/mol. The standard InChI is InChI=1S/C12H14O2/c1-12(2,3)11(14)10-7-5-4-6-9(10)8-13/h4-8H,1-3H3. The van der Waals surface area contributed by atoms with Gasteiger partial charge in [0.2, 0.25) is 0 Å². The van der Waals surface area contributed by atoms with Gasteiger partial charge < -0.3 is 0 Å². The van der Waals surface area contributed by atoms with E-state index in [0.717, 1.165) is 6.29 Å². The van der Waals surface area contributed by atoms with E-state index in [0.29, 0.717) is 11.1 Å². The first-order valence-electron chi connectivity index (χ1n) is 4.56. The molecule has 0 unspecified atom stereocenters.